The smallest absolute Gasteiger partial charge is 0.251 e. The summed E-state index contributed by atoms with van der Waals surface area (Å²) in [4.78, 5) is 18.6. The molecule has 0 unspecified atom stereocenters. The molecule has 112 valence electrons. The standard InChI is InChI=1S/C14H17N3O4/c1-21-5-4-15-8-10-7-13(20)17-14(16-10)9-2-3-11(18)12(19)6-9/h2-3,6-7,15,18-19H,4-5,8H2,1H3,(H,16,17,20). The Balaban J connectivity index is 2.21. The van der Waals surface area contributed by atoms with Crippen LogP contribution in [-0.2, 0) is 11.3 Å². The van der Waals surface area contributed by atoms with Crippen LogP contribution in [0, 0.1) is 0 Å². The molecule has 0 atom stereocenters. The molecule has 0 amide bonds. The van der Waals surface area contributed by atoms with Gasteiger partial charge in [-0.15, -0.1) is 0 Å². The van der Waals surface area contributed by atoms with E-state index in [4.69, 9.17) is 4.74 Å². The van der Waals surface area contributed by atoms with E-state index in [-0.39, 0.29) is 17.1 Å². The van der Waals surface area contributed by atoms with Gasteiger partial charge in [0, 0.05) is 31.8 Å². The van der Waals surface area contributed by atoms with Gasteiger partial charge in [-0.3, -0.25) is 4.79 Å². The van der Waals surface area contributed by atoms with E-state index in [1.165, 1.54) is 18.2 Å². The second kappa shape index (κ2) is 6.87. The van der Waals surface area contributed by atoms with Crippen LogP contribution >= 0.6 is 0 Å². The second-order valence-electron chi connectivity index (χ2n) is 4.46. The first kappa shape index (κ1) is 15.0. The lowest BCUT2D eigenvalue weighted by Crippen LogP contribution is -2.21. The van der Waals surface area contributed by atoms with Crippen LogP contribution in [0.1, 0.15) is 5.69 Å². The summed E-state index contributed by atoms with van der Waals surface area (Å²) < 4.78 is 4.92. The van der Waals surface area contributed by atoms with Crippen molar-refractivity contribution in [1.29, 1.82) is 0 Å². The van der Waals surface area contributed by atoms with E-state index in [1.54, 1.807) is 13.2 Å². The Bertz CT molecular complexity index is 670. The summed E-state index contributed by atoms with van der Waals surface area (Å²) in [5.41, 5.74) is 0.815. The molecule has 2 aromatic rings. The minimum absolute atomic E-state index is 0.224. The number of phenols is 2. The molecule has 21 heavy (non-hydrogen) atoms. The maximum atomic E-state index is 11.7. The van der Waals surface area contributed by atoms with Crippen LogP contribution in [0.5, 0.6) is 11.5 Å². The van der Waals surface area contributed by atoms with Crippen molar-refractivity contribution in [3.8, 4) is 22.9 Å². The largest absolute Gasteiger partial charge is 0.504 e. The predicted molar refractivity (Wildman–Crippen MR) is 77.2 cm³/mol. The molecule has 7 nitrogen and oxygen atoms in total. The van der Waals surface area contributed by atoms with Gasteiger partial charge < -0.3 is 25.3 Å². The minimum atomic E-state index is -0.281. The van der Waals surface area contributed by atoms with Crippen molar-refractivity contribution in [2.75, 3.05) is 20.3 Å². The molecule has 0 saturated heterocycles. The first-order valence-electron chi connectivity index (χ1n) is 6.42. The highest BCUT2D eigenvalue weighted by molar-refractivity contribution is 5.60. The fourth-order valence-corrected chi connectivity index (χ4v) is 1.80. The van der Waals surface area contributed by atoms with Gasteiger partial charge in [-0.05, 0) is 18.2 Å². The maximum Gasteiger partial charge on any atom is 0.251 e. The van der Waals surface area contributed by atoms with Crippen molar-refractivity contribution >= 4 is 0 Å². The summed E-state index contributed by atoms with van der Waals surface area (Å²) in [5.74, 6) is -0.154. The summed E-state index contributed by atoms with van der Waals surface area (Å²) in [6, 6.07) is 5.66. The molecule has 1 aromatic carbocycles. The number of aromatic hydroxyl groups is 2. The van der Waals surface area contributed by atoms with E-state index in [2.05, 4.69) is 15.3 Å². The number of methoxy groups -OCH3 is 1. The first-order chi connectivity index (χ1) is 10.1. The minimum Gasteiger partial charge on any atom is -0.504 e. The van der Waals surface area contributed by atoms with Crippen LogP contribution in [0.2, 0.25) is 0 Å². The first-order valence-corrected chi connectivity index (χ1v) is 6.42. The van der Waals surface area contributed by atoms with Crippen LogP contribution in [-0.4, -0.2) is 40.4 Å². The Morgan fingerprint density at radius 3 is 2.81 bits per heavy atom. The average molecular weight is 291 g/mol. The molecule has 1 heterocycles. The zero-order valence-corrected chi connectivity index (χ0v) is 11.6. The number of phenolic OH excluding ortho intramolecular Hbond substituents is 2. The van der Waals surface area contributed by atoms with Crippen molar-refractivity contribution in [2.45, 2.75) is 6.54 Å². The van der Waals surface area contributed by atoms with Gasteiger partial charge in [-0.1, -0.05) is 0 Å². The number of aromatic nitrogens is 2. The Morgan fingerprint density at radius 1 is 1.29 bits per heavy atom. The van der Waals surface area contributed by atoms with E-state index < -0.39 is 0 Å². The van der Waals surface area contributed by atoms with Gasteiger partial charge in [-0.25, -0.2) is 4.98 Å². The normalized spacial score (nSPS) is 10.7. The molecule has 0 saturated carbocycles. The molecule has 0 aliphatic heterocycles. The van der Waals surface area contributed by atoms with E-state index in [0.29, 0.717) is 36.8 Å². The summed E-state index contributed by atoms with van der Waals surface area (Å²) in [5, 5.41) is 21.9. The van der Waals surface area contributed by atoms with E-state index in [1.807, 2.05) is 0 Å². The van der Waals surface area contributed by atoms with Gasteiger partial charge >= 0.3 is 0 Å². The van der Waals surface area contributed by atoms with Crippen LogP contribution in [0.15, 0.2) is 29.1 Å². The molecule has 7 heteroatoms. The Morgan fingerprint density at radius 2 is 2.10 bits per heavy atom. The molecule has 4 N–H and O–H groups in total. The van der Waals surface area contributed by atoms with Crippen molar-refractivity contribution in [2.24, 2.45) is 0 Å². The third kappa shape index (κ3) is 4.04. The highest BCUT2D eigenvalue weighted by Crippen LogP contribution is 2.28. The van der Waals surface area contributed by atoms with E-state index in [9.17, 15) is 15.0 Å². The number of nitrogens with one attached hydrogen (secondary N) is 2. The average Bonchev–Trinajstić information content (AvgIpc) is 2.46. The molecule has 0 aliphatic rings. The van der Waals surface area contributed by atoms with Crippen molar-refractivity contribution in [3.63, 3.8) is 0 Å². The SMILES string of the molecule is COCCNCc1cc(=O)[nH]c(-c2ccc(O)c(O)c2)n1. The molecular formula is C14H17N3O4. The lowest BCUT2D eigenvalue weighted by atomic mass is 10.2. The van der Waals surface area contributed by atoms with Gasteiger partial charge in [-0.2, -0.15) is 0 Å². The quantitative estimate of drug-likeness (QED) is 0.458. The summed E-state index contributed by atoms with van der Waals surface area (Å²) in [7, 11) is 1.61. The summed E-state index contributed by atoms with van der Waals surface area (Å²) >= 11 is 0. The molecular weight excluding hydrogens is 274 g/mol. The number of benzene rings is 1. The topological polar surface area (TPSA) is 107 Å². The number of hydrogen-bond donors (Lipinski definition) is 4. The Kier molecular flexibility index (Phi) is 4.91. The number of H-pyrrole nitrogens is 1. The fourth-order valence-electron chi connectivity index (χ4n) is 1.80. The molecule has 0 radical (unpaired) electrons. The molecule has 0 spiro atoms. The molecule has 2 rings (SSSR count). The van der Waals surface area contributed by atoms with Gasteiger partial charge in [0.05, 0.1) is 12.3 Å². The highest BCUT2D eigenvalue weighted by Gasteiger charge is 2.07. The lowest BCUT2D eigenvalue weighted by Gasteiger charge is -2.07. The third-order valence-electron chi connectivity index (χ3n) is 2.83. The van der Waals surface area contributed by atoms with Crippen molar-refractivity contribution < 1.29 is 14.9 Å². The Labute approximate surface area is 121 Å². The number of ether oxygens (including phenoxy) is 1. The maximum absolute atomic E-state index is 11.7. The molecule has 0 fully saturated rings. The number of hydrogen-bond acceptors (Lipinski definition) is 6. The van der Waals surface area contributed by atoms with Crippen LogP contribution in [0.4, 0.5) is 0 Å². The van der Waals surface area contributed by atoms with Gasteiger partial charge in [0.25, 0.3) is 5.56 Å². The molecule has 0 bridgehead atoms. The van der Waals surface area contributed by atoms with Crippen LogP contribution in [0.3, 0.4) is 0 Å². The zero-order valence-electron chi connectivity index (χ0n) is 11.6. The van der Waals surface area contributed by atoms with Gasteiger partial charge in [0.2, 0.25) is 0 Å². The predicted octanol–water partition coefficient (Wildman–Crippen LogP) is 0.584. The number of nitrogens with zero attached hydrogens (tertiary/aromatic N) is 1. The fraction of sp³-hybridized carbons (Fsp3) is 0.286. The summed E-state index contributed by atoms with van der Waals surface area (Å²) in [6.45, 7) is 1.66. The van der Waals surface area contributed by atoms with Crippen molar-refractivity contribution in [1.82, 2.24) is 15.3 Å². The van der Waals surface area contributed by atoms with E-state index >= 15 is 0 Å². The van der Waals surface area contributed by atoms with Crippen molar-refractivity contribution in [3.05, 3.63) is 40.3 Å². The van der Waals surface area contributed by atoms with Gasteiger partial charge in [0.1, 0.15) is 5.82 Å². The Hall–Kier alpha value is -2.38. The van der Waals surface area contributed by atoms with Gasteiger partial charge in [0.15, 0.2) is 11.5 Å². The third-order valence-corrected chi connectivity index (χ3v) is 2.83. The van der Waals surface area contributed by atoms with E-state index in [0.717, 1.165) is 0 Å². The van der Waals surface area contributed by atoms with Crippen LogP contribution < -0.4 is 10.9 Å². The highest BCUT2D eigenvalue weighted by atomic mass is 16.5. The summed E-state index contributed by atoms with van der Waals surface area (Å²) in [6.07, 6.45) is 0. The lowest BCUT2D eigenvalue weighted by molar-refractivity contribution is 0.199. The number of aromatic amines is 1. The molecule has 1 aromatic heterocycles. The second-order valence-corrected chi connectivity index (χ2v) is 4.46. The number of rotatable bonds is 6. The molecule has 0 aliphatic carbocycles. The zero-order chi connectivity index (χ0) is 15.2. The monoisotopic (exact) mass is 291 g/mol. The van der Waals surface area contributed by atoms with Crippen LogP contribution in [0.25, 0.3) is 11.4 Å².